The molecule has 1 amide bonds. The number of benzene rings is 1. The maximum Gasteiger partial charge on any atom is 0.272 e. The minimum Gasteiger partial charge on any atom is -0.470 e. The molecular formula is C19H21BrN2O2S. The van der Waals surface area contributed by atoms with Crippen LogP contribution < -0.4 is 10.1 Å². The highest BCUT2D eigenvalue weighted by Gasteiger charge is 2.25. The average Bonchev–Trinajstić information content (AvgIpc) is 2.57. The van der Waals surface area contributed by atoms with Gasteiger partial charge in [0.1, 0.15) is 5.75 Å². The van der Waals surface area contributed by atoms with Crippen LogP contribution in [0.1, 0.15) is 26.3 Å². The number of halogens is 1. The van der Waals surface area contributed by atoms with Gasteiger partial charge in [0, 0.05) is 16.1 Å². The minimum absolute atomic E-state index is 0.249. The Labute approximate surface area is 161 Å². The van der Waals surface area contributed by atoms with Gasteiger partial charge in [0.2, 0.25) is 5.44 Å². The lowest BCUT2D eigenvalue weighted by Gasteiger charge is -2.24. The summed E-state index contributed by atoms with van der Waals surface area (Å²) >= 11 is 4.76. The van der Waals surface area contributed by atoms with Crippen molar-refractivity contribution in [1.82, 2.24) is 10.3 Å². The van der Waals surface area contributed by atoms with Gasteiger partial charge in [-0.2, -0.15) is 0 Å². The molecule has 0 bridgehead atoms. The molecule has 2 rings (SSSR count). The first-order chi connectivity index (χ1) is 11.8. The molecule has 132 valence electrons. The number of thioether (sulfide) groups is 1. The Balaban J connectivity index is 2.31. The summed E-state index contributed by atoms with van der Waals surface area (Å²) in [7, 11) is 0. The van der Waals surface area contributed by atoms with E-state index in [1.54, 1.807) is 20.0 Å². The third kappa shape index (κ3) is 4.90. The van der Waals surface area contributed by atoms with E-state index in [-0.39, 0.29) is 5.91 Å². The molecule has 4 nitrogen and oxygen atoms in total. The number of rotatable bonds is 6. The number of aromatic nitrogens is 1. The molecule has 25 heavy (non-hydrogen) atoms. The molecule has 1 aromatic carbocycles. The van der Waals surface area contributed by atoms with E-state index in [1.807, 2.05) is 24.5 Å². The summed E-state index contributed by atoms with van der Waals surface area (Å²) in [5.41, 5.74) is 0.608. The summed E-state index contributed by atoms with van der Waals surface area (Å²) in [6, 6.07) is 5.82. The van der Waals surface area contributed by atoms with Crippen LogP contribution >= 0.6 is 27.7 Å². The molecule has 0 saturated carbocycles. The largest absolute Gasteiger partial charge is 0.470 e. The molecule has 1 unspecified atom stereocenters. The van der Waals surface area contributed by atoms with Gasteiger partial charge in [-0.05, 0) is 66.2 Å². The van der Waals surface area contributed by atoms with E-state index in [1.165, 1.54) is 11.8 Å². The zero-order chi connectivity index (χ0) is 18.6. The van der Waals surface area contributed by atoms with E-state index in [0.717, 1.165) is 27.4 Å². The van der Waals surface area contributed by atoms with Crippen molar-refractivity contribution in [3.63, 3.8) is 0 Å². The number of carbonyl (C=O) groups excluding carboxylic acids is 1. The first kappa shape index (κ1) is 19.6. The van der Waals surface area contributed by atoms with E-state index >= 15 is 0 Å². The van der Waals surface area contributed by atoms with Crippen molar-refractivity contribution < 1.29 is 9.53 Å². The molecule has 0 aliphatic rings. The zero-order valence-corrected chi connectivity index (χ0v) is 17.1. The molecule has 2 aromatic rings. The number of amides is 1. The van der Waals surface area contributed by atoms with Gasteiger partial charge in [-0.25, -0.2) is 0 Å². The maximum atomic E-state index is 12.5. The van der Waals surface area contributed by atoms with Gasteiger partial charge in [-0.3, -0.25) is 9.78 Å². The van der Waals surface area contributed by atoms with Gasteiger partial charge in [0.15, 0.2) is 0 Å². The molecule has 0 radical (unpaired) electrons. The molecule has 1 aromatic heterocycles. The summed E-state index contributed by atoms with van der Waals surface area (Å²) in [5, 5.41) is 3.78. The highest BCUT2D eigenvalue weighted by Crippen LogP contribution is 2.28. The highest BCUT2D eigenvalue weighted by atomic mass is 79.9. The summed E-state index contributed by atoms with van der Waals surface area (Å²) in [4.78, 5) is 16.9. The third-order valence-corrected chi connectivity index (χ3v) is 4.82. The minimum atomic E-state index is -0.721. The quantitative estimate of drug-likeness (QED) is 0.562. The monoisotopic (exact) mass is 420 g/mol. The van der Waals surface area contributed by atoms with Crippen molar-refractivity contribution in [3.8, 4) is 18.1 Å². The van der Waals surface area contributed by atoms with Gasteiger partial charge in [0.25, 0.3) is 5.91 Å². The van der Waals surface area contributed by atoms with E-state index in [4.69, 9.17) is 11.2 Å². The second-order valence-corrected chi connectivity index (χ2v) is 7.92. The fourth-order valence-corrected chi connectivity index (χ4v) is 3.17. The zero-order valence-electron chi connectivity index (χ0n) is 14.7. The van der Waals surface area contributed by atoms with Gasteiger partial charge >= 0.3 is 0 Å². The molecule has 0 spiro atoms. The Hall–Kier alpha value is -1.71. The van der Waals surface area contributed by atoms with Crippen LogP contribution in [-0.2, 0) is 11.2 Å². The van der Waals surface area contributed by atoms with Crippen LogP contribution in [0.25, 0.3) is 10.9 Å². The molecule has 1 N–H and O–H groups in total. The SMILES string of the molecule is C#CC(C)(C)NC(=O)C(Oc1cc(CC)c2ncc(Br)cc2c1)SC. The van der Waals surface area contributed by atoms with Crippen molar-refractivity contribution in [3.05, 3.63) is 34.4 Å². The standard InChI is InChI=1S/C19H21BrN2O2S/c1-6-12-9-15(10-13-8-14(20)11-21-16(12)13)24-18(25-5)17(23)22-19(3,4)7-2/h2,8-11,18H,6H2,1,3-5H3,(H,22,23). The molecule has 6 heteroatoms. The third-order valence-electron chi connectivity index (χ3n) is 3.65. The molecule has 0 saturated heterocycles. The first-order valence-corrected chi connectivity index (χ1v) is 9.95. The van der Waals surface area contributed by atoms with Crippen molar-refractivity contribution in [2.24, 2.45) is 0 Å². The molecule has 0 aliphatic carbocycles. The van der Waals surface area contributed by atoms with Crippen LogP contribution in [0.2, 0.25) is 0 Å². The molecule has 0 fully saturated rings. The average molecular weight is 421 g/mol. The summed E-state index contributed by atoms with van der Waals surface area (Å²) in [6.07, 6.45) is 9.87. The van der Waals surface area contributed by atoms with Crippen LogP contribution in [0.5, 0.6) is 5.75 Å². The number of aryl methyl sites for hydroxylation is 1. The number of hydrogen-bond acceptors (Lipinski definition) is 4. The van der Waals surface area contributed by atoms with Crippen LogP contribution in [-0.4, -0.2) is 28.1 Å². The molecule has 0 aliphatic heterocycles. The number of terminal acetylenes is 1. The number of pyridine rings is 1. The van der Waals surface area contributed by atoms with E-state index in [2.05, 4.69) is 39.1 Å². The molecule has 1 atom stereocenters. The first-order valence-electron chi connectivity index (χ1n) is 7.87. The Morgan fingerprint density at radius 1 is 1.48 bits per heavy atom. The molecular weight excluding hydrogens is 400 g/mol. The van der Waals surface area contributed by atoms with Crippen molar-refractivity contribution in [1.29, 1.82) is 0 Å². The predicted octanol–water partition coefficient (Wildman–Crippen LogP) is 4.16. The topological polar surface area (TPSA) is 51.2 Å². The Morgan fingerprint density at radius 3 is 2.80 bits per heavy atom. The van der Waals surface area contributed by atoms with Gasteiger partial charge in [0.05, 0.1) is 11.1 Å². The van der Waals surface area contributed by atoms with E-state index < -0.39 is 11.0 Å². The number of nitrogens with one attached hydrogen (secondary N) is 1. The van der Waals surface area contributed by atoms with Crippen molar-refractivity contribution in [2.75, 3.05) is 6.26 Å². The second kappa shape index (κ2) is 8.11. The number of nitrogens with zero attached hydrogens (tertiary/aromatic N) is 1. The number of carbonyl (C=O) groups is 1. The molecule has 1 heterocycles. The fraction of sp³-hybridized carbons (Fsp3) is 0.368. The van der Waals surface area contributed by atoms with Crippen LogP contribution in [0, 0.1) is 12.3 Å². The Kier molecular flexibility index (Phi) is 6.36. The van der Waals surface area contributed by atoms with Gasteiger partial charge in [-0.1, -0.05) is 12.8 Å². The lowest BCUT2D eigenvalue weighted by Crippen LogP contribution is -2.47. The second-order valence-electron chi connectivity index (χ2n) is 6.11. The summed E-state index contributed by atoms with van der Waals surface area (Å²) in [5.74, 6) is 2.94. The van der Waals surface area contributed by atoms with Crippen LogP contribution in [0.3, 0.4) is 0 Å². The number of hydrogen-bond donors (Lipinski definition) is 1. The Bertz CT molecular complexity index is 830. The smallest absolute Gasteiger partial charge is 0.272 e. The van der Waals surface area contributed by atoms with Crippen molar-refractivity contribution in [2.45, 2.75) is 38.2 Å². The van der Waals surface area contributed by atoms with E-state index in [9.17, 15) is 4.79 Å². The van der Waals surface area contributed by atoms with Crippen molar-refractivity contribution >= 4 is 44.5 Å². The number of ether oxygens (including phenoxy) is 1. The summed E-state index contributed by atoms with van der Waals surface area (Å²) in [6.45, 7) is 5.61. The normalized spacial score (nSPS) is 12.5. The fourth-order valence-electron chi connectivity index (χ4n) is 2.34. The lowest BCUT2D eigenvalue weighted by atomic mass is 10.1. The highest BCUT2D eigenvalue weighted by molar-refractivity contribution is 9.10. The summed E-state index contributed by atoms with van der Waals surface area (Å²) < 4.78 is 6.84. The number of fused-ring (bicyclic) bond motifs is 1. The lowest BCUT2D eigenvalue weighted by molar-refractivity contribution is -0.125. The maximum absolute atomic E-state index is 12.5. The van der Waals surface area contributed by atoms with Gasteiger partial charge in [-0.15, -0.1) is 18.2 Å². The Morgan fingerprint density at radius 2 is 2.20 bits per heavy atom. The van der Waals surface area contributed by atoms with Crippen LogP contribution in [0.15, 0.2) is 28.9 Å². The van der Waals surface area contributed by atoms with E-state index in [0.29, 0.717) is 5.75 Å². The van der Waals surface area contributed by atoms with Crippen LogP contribution in [0.4, 0.5) is 0 Å². The van der Waals surface area contributed by atoms with Gasteiger partial charge < -0.3 is 10.1 Å². The predicted molar refractivity (Wildman–Crippen MR) is 108 cm³/mol.